The fourth-order valence-corrected chi connectivity index (χ4v) is 3.40. The Morgan fingerprint density at radius 2 is 1.74 bits per heavy atom. The van der Waals surface area contributed by atoms with Gasteiger partial charge in [-0.05, 0) is 23.0 Å². The Hall–Kier alpha value is -2.23. The van der Waals surface area contributed by atoms with Gasteiger partial charge in [0.15, 0.2) is 6.39 Å². The maximum atomic E-state index is 5.46. The van der Waals surface area contributed by atoms with E-state index in [1.165, 1.54) is 23.2 Å². The first-order valence-corrected chi connectivity index (χ1v) is 8.98. The summed E-state index contributed by atoms with van der Waals surface area (Å²) in [6.45, 7) is 8.91. The normalized spacial score (nSPS) is 11.3. The van der Waals surface area contributed by atoms with E-state index in [9.17, 15) is 0 Å². The van der Waals surface area contributed by atoms with Crippen molar-refractivity contribution in [2.24, 2.45) is 0 Å². The molecule has 0 amide bonds. The molecule has 0 N–H and O–H groups in total. The van der Waals surface area contributed by atoms with Gasteiger partial charge in [-0.25, -0.2) is 0 Å². The fraction of sp³-hybridized carbons (Fsp3) is 0.273. The number of fused-ring (bicyclic) bond motifs is 1. The number of imidazole rings is 1. The SMILES string of the molecule is CC(C)c1cccc(C(C)C)c1-n1ccnc1-c1[c-]cc2ncoc2c1.[Ir]. The number of rotatable bonds is 4. The van der Waals surface area contributed by atoms with E-state index in [-0.39, 0.29) is 20.1 Å². The van der Waals surface area contributed by atoms with Crippen LogP contribution in [-0.2, 0) is 20.1 Å². The third-order valence-electron chi connectivity index (χ3n) is 4.73. The number of para-hydroxylation sites is 1. The molecule has 0 saturated carbocycles. The first kappa shape index (κ1) is 19.5. The molecule has 0 aliphatic rings. The summed E-state index contributed by atoms with van der Waals surface area (Å²) in [7, 11) is 0. The summed E-state index contributed by atoms with van der Waals surface area (Å²) >= 11 is 0. The molecule has 4 aromatic rings. The van der Waals surface area contributed by atoms with Crippen LogP contribution in [0.2, 0.25) is 0 Å². The summed E-state index contributed by atoms with van der Waals surface area (Å²) < 4.78 is 7.64. The van der Waals surface area contributed by atoms with E-state index in [1.54, 1.807) is 0 Å². The van der Waals surface area contributed by atoms with Crippen molar-refractivity contribution in [1.82, 2.24) is 14.5 Å². The Morgan fingerprint density at radius 1 is 1.04 bits per heavy atom. The number of aromatic nitrogens is 3. The Morgan fingerprint density at radius 3 is 2.41 bits per heavy atom. The van der Waals surface area contributed by atoms with Crippen LogP contribution in [0.5, 0.6) is 0 Å². The monoisotopic (exact) mass is 537 g/mol. The van der Waals surface area contributed by atoms with Gasteiger partial charge < -0.3 is 8.98 Å². The van der Waals surface area contributed by atoms with Crippen molar-refractivity contribution in [2.75, 3.05) is 0 Å². The topological polar surface area (TPSA) is 43.9 Å². The molecule has 27 heavy (non-hydrogen) atoms. The van der Waals surface area contributed by atoms with Gasteiger partial charge in [0.25, 0.3) is 0 Å². The standard InChI is InChI=1S/C22H22N3O.Ir/c1-14(2)17-6-5-7-18(15(3)4)21(17)25-11-10-23-22(25)16-8-9-19-20(12-16)26-13-24-19;/h5-7,9-15H,1-4H3;/q-1;. The molecule has 4 rings (SSSR count). The first-order chi connectivity index (χ1) is 12.6. The molecular formula is C22H22IrN3O-. The molecule has 2 aromatic carbocycles. The summed E-state index contributed by atoms with van der Waals surface area (Å²) in [5.74, 6) is 1.69. The minimum atomic E-state index is 0. The van der Waals surface area contributed by atoms with Gasteiger partial charge in [-0.15, -0.1) is 17.7 Å². The Balaban J connectivity index is 0.00000210. The Labute approximate surface area is 173 Å². The third kappa shape index (κ3) is 3.50. The van der Waals surface area contributed by atoms with Crippen molar-refractivity contribution < 1.29 is 24.5 Å². The van der Waals surface area contributed by atoms with Crippen LogP contribution >= 0.6 is 0 Å². The molecule has 2 aromatic heterocycles. The number of hydrogen-bond acceptors (Lipinski definition) is 3. The molecule has 0 aliphatic carbocycles. The number of benzene rings is 2. The van der Waals surface area contributed by atoms with E-state index in [4.69, 9.17) is 4.42 Å². The largest absolute Gasteiger partial charge is 0.464 e. The molecule has 0 aliphatic heterocycles. The second kappa shape index (κ2) is 7.79. The Kier molecular flexibility index (Phi) is 5.64. The zero-order valence-corrected chi connectivity index (χ0v) is 18.3. The fourth-order valence-electron chi connectivity index (χ4n) is 3.40. The maximum absolute atomic E-state index is 5.46. The van der Waals surface area contributed by atoms with Crippen molar-refractivity contribution in [3.63, 3.8) is 0 Å². The molecule has 0 bridgehead atoms. The van der Waals surface area contributed by atoms with Crippen molar-refractivity contribution in [2.45, 2.75) is 39.5 Å². The molecule has 2 heterocycles. The molecule has 0 unspecified atom stereocenters. The smallest absolute Gasteiger partial charge is 0.170 e. The predicted molar refractivity (Wildman–Crippen MR) is 104 cm³/mol. The molecule has 141 valence electrons. The summed E-state index contributed by atoms with van der Waals surface area (Å²) in [6.07, 6.45) is 5.33. The molecule has 0 spiro atoms. The number of hydrogen-bond donors (Lipinski definition) is 0. The molecule has 4 nitrogen and oxygen atoms in total. The third-order valence-corrected chi connectivity index (χ3v) is 4.73. The average molecular weight is 537 g/mol. The zero-order chi connectivity index (χ0) is 18.3. The van der Waals surface area contributed by atoms with E-state index >= 15 is 0 Å². The van der Waals surface area contributed by atoms with E-state index in [2.05, 4.69) is 66.5 Å². The van der Waals surface area contributed by atoms with Gasteiger partial charge in [0.05, 0.1) is 11.4 Å². The summed E-state index contributed by atoms with van der Waals surface area (Å²) in [6, 6.07) is 13.7. The van der Waals surface area contributed by atoms with Crippen LogP contribution in [0, 0.1) is 6.07 Å². The van der Waals surface area contributed by atoms with E-state index < -0.39 is 0 Å². The van der Waals surface area contributed by atoms with Gasteiger partial charge >= 0.3 is 0 Å². The van der Waals surface area contributed by atoms with Crippen LogP contribution in [0.1, 0.15) is 50.7 Å². The van der Waals surface area contributed by atoms with Crippen molar-refractivity contribution >= 4 is 11.1 Å². The molecular weight excluding hydrogens is 514 g/mol. The van der Waals surface area contributed by atoms with Crippen molar-refractivity contribution in [3.8, 4) is 17.1 Å². The second-order valence-corrected chi connectivity index (χ2v) is 7.16. The van der Waals surface area contributed by atoms with Crippen LogP contribution in [0.4, 0.5) is 0 Å². The minimum Gasteiger partial charge on any atom is -0.464 e. The quantitative estimate of drug-likeness (QED) is 0.313. The maximum Gasteiger partial charge on any atom is 0.170 e. The van der Waals surface area contributed by atoms with Crippen LogP contribution in [0.3, 0.4) is 0 Å². The predicted octanol–water partition coefficient (Wildman–Crippen LogP) is 5.72. The van der Waals surface area contributed by atoms with E-state index in [0.29, 0.717) is 11.8 Å². The first-order valence-electron chi connectivity index (χ1n) is 8.98. The van der Waals surface area contributed by atoms with Crippen LogP contribution in [0.15, 0.2) is 53.5 Å². The zero-order valence-electron chi connectivity index (χ0n) is 15.9. The molecule has 1 radical (unpaired) electrons. The second-order valence-electron chi connectivity index (χ2n) is 7.16. The van der Waals surface area contributed by atoms with Gasteiger partial charge in [0, 0.05) is 43.7 Å². The number of oxazole rings is 1. The average Bonchev–Trinajstić information content (AvgIpc) is 3.29. The molecule has 0 fully saturated rings. The van der Waals surface area contributed by atoms with Gasteiger partial charge in [0.1, 0.15) is 0 Å². The van der Waals surface area contributed by atoms with Gasteiger partial charge in [0.2, 0.25) is 0 Å². The molecule has 5 heteroatoms. The molecule has 0 saturated heterocycles. The van der Waals surface area contributed by atoms with Crippen LogP contribution in [0.25, 0.3) is 28.2 Å². The molecule has 0 atom stereocenters. The van der Waals surface area contributed by atoms with Crippen molar-refractivity contribution in [3.05, 3.63) is 66.3 Å². The van der Waals surface area contributed by atoms with Crippen LogP contribution in [-0.4, -0.2) is 14.5 Å². The van der Waals surface area contributed by atoms with Gasteiger partial charge in [-0.2, -0.15) is 0 Å². The number of nitrogens with zero attached hydrogens (tertiary/aromatic N) is 3. The van der Waals surface area contributed by atoms with Gasteiger partial charge in [-0.3, -0.25) is 9.97 Å². The van der Waals surface area contributed by atoms with Gasteiger partial charge in [-0.1, -0.05) is 52.0 Å². The Bertz CT molecular complexity index is 1040. The van der Waals surface area contributed by atoms with E-state index in [0.717, 1.165) is 22.5 Å². The summed E-state index contributed by atoms with van der Waals surface area (Å²) in [5.41, 5.74) is 6.29. The van der Waals surface area contributed by atoms with E-state index in [1.807, 2.05) is 24.5 Å². The minimum absolute atomic E-state index is 0. The van der Waals surface area contributed by atoms with Crippen molar-refractivity contribution in [1.29, 1.82) is 0 Å². The van der Waals surface area contributed by atoms with Crippen LogP contribution < -0.4 is 0 Å². The summed E-state index contributed by atoms with van der Waals surface area (Å²) in [4.78, 5) is 8.80. The summed E-state index contributed by atoms with van der Waals surface area (Å²) in [5, 5.41) is 0.